The Labute approximate surface area is 117 Å². The number of hydrogen-bond acceptors (Lipinski definition) is 3. The lowest BCUT2D eigenvalue weighted by Crippen LogP contribution is -2.22. The van der Waals surface area contributed by atoms with E-state index in [1.54, 1.807) is 0 Å². The van der Waals surface area contributed by atoms with Gasteiger partial charge in [0.05, 0.1) is 12.7 Å². The van der Waals surface area contributed by atoms with E-state index in [1.165, 1.54) is 0 Å². The summed E-state index contributed by atoms with van der Waals surface area (Å²) in [4.78, 5) is 0. The van der Waals surface area contributed by atoms with Gasteiger partial charge in [-0.15, -0.1) is 0 Å². The number of aliphatic hydroxyl groups is 2. The molecule has 1 unspecified atom stereocenters. The van der Waals surface area contributed by atoms with Gasteiger partial charge in [-0.25, -0.2) is 0 Å². The highest BCUT2D eigenvalue weighted by molar-refractivity contribution is 6.30. The van der Waals surface area contributed by atoms with Crippen LogP contribution < -0.4 is 5.32 Å². The van der Waals surface area contributed by atoms with E-state index in [2.05, 4.69) is 5.32 Å². The largest absolute Gasteiger partial charge is 0.394 e. The summed E-state index contributed by atoms with van der Waals surface area (Å²) in [6, 6.07) is 15.5. The molecule has 3 nitrogen and oxygen atoms in total. The van der Waals surface area contributed by atoms with Crippen LogP contribution in [-0.2, 0) is 0 Å². The zero-order chi connectivity index (χ0) is 13.7. The summed E-state index contributed by atoms with van der Waals surface area (Å²) in [7, 11) is 0. The van der Waals surface area contributed by atoms with Gasteiger partial charge in [-0.1, -0.05) is 35.9 Å². The van der Waals surface area contributed by atoms with E-state index in [9.17, 15) is 5.11 Å². The Morgan fingerprint density at radius 3 is 2.42 bits per heavy atom. The molecule has 0 aliphatic rings. The topological polar surface area (TPSA) is 52.5 Å². The second-order valence-corrected chi connectivity index (χ2v) is 4.74. The van der Waals surface area contributed by atoms with Crippen molar-refractivity contribution in [1.82, 2.24) is 0 Å². The first-order valence-corrected chi connectivity index (χ1v) is 6.45. The standard InChI is InChI=1S/C15H16ClNO2/c16-13-3-1-2-12(8-13)11-4-6-14(7-5-11)17-9-15(19)10-18/h1-8,15,17-19H,9-10H2. The van der Waals surface area contributed by atoms with Gasteiger partial charge >= 0.3 is 0 Å². The summed E-state index contributed by atoms with van der Waals surface area (Å²) < 4.78 is 0. The number of benzene rings is 2. The third-order valence-corrected chi connectivity index (χ3v) is 3.03. The van der Waals surface area contributed by atoms with E-state index >= 15 is 0 Å². The quantitative estimate of drug-likeness (QED) is 0.788. The molecule has 2 aromatic carbocycles. The summed E-state index contributed by atoms with van der Waals surface area (Å²) in [5.74, 6) is 0. The highest BCUT2D eigenvalue weighted by Crippen LogP contribution is 2.24. The molecule has 0 saturated heterocycles. The third kappa shape index (κ3) is 3.96. The van der Waals surface area contributed by atoms with Gasteiger partial charge < -0.3 is 15.5 Å². The normalized spacial score (nSPS) is 12.2. The van der Waals surface area contributed by atoms with Crippen molar-refractivity contribution in [2.45, 2.75) is 6.10 Å². The Balaban J connectivity index is 2.06. The third-order valence-electron chi connectivity index (χ3n) is 2.80. The Morgan fingerprint density at radius 2 is 1.79 bits per heavy atom. The predicted molar refractivity (Wildman–Crippen MR) is 78.5 cm³/mol. The molecule has 3 N–H and O–H groups in total. The molecule has 0 amide bonds. The molecular weight excluding hydrogens is 262 g/mol. The zero-order valence-corrected chi connectivity index (χ0v) is 11.1. The average Bonchev–Trinajstić information content (AvgIpc) is 2.45. The molecule has 0 saturated carbocycles. The summed E-state index contributed by atoms with van der Waals surface area (Å²) in [6.45, 7) is 0.0839. The van der Waals surface area contributed by atoms with Gasteiger partial charge in [0, 0.05) is 17.3 Å². The highest BCUT2D eigenvalue weighted by atomic mass is 35.5. The van der Waals surface area contributed by atoms with Gasteiger partial charge in [-0.3, -0.25) is 0 Å². The van der Waals surface area contributed by atoms with Gasteiger partial charge in [0.2, 0.25) is 0 Å². The fraction of sp³-hybridized carbons (Fsp3) is 0.200. The number of halogens is 1. The maximum absolute atomic E-state index is 9.26. The molecule has 0 aliphatic carbocycles. The SMILES string of the molecule is OCC(O)CNc1ccc(-c2cccc(Cl)c2)cc1. The smallest absolute Gasteiger partial charge is 0.0942 e. The fourth-order valence-electron chi connectivity index (χ4n) is 1.75. The molecule has 0 aromatic heterocycles. The van der Waals surface area contributed by atoms with E-state index in [4.69, 9.17) is 16.7 Å². The van der Waals surface area contributed by atoms with Gasteiger partial charge in [-0.2, -0.15) is 0 Å². The molecule has 0 heterocycles. The van der Waals surface area contributed by atoms with E-state index in [0.717, 1.165) is 16.8 Å². The van der Waals surface area contributed by atoms with Crippen LogP contribution in [0.4, 0.5) is 5.69 Å². The van der Waals surface area contributed by atoms with Gasteiger partial charge in [0.25, 0.3) is 0 Å². The van der Waals surface area contributed by atoms with Crippen LogP contribution in [0, 0.1) is 0 Å². The van der Waals surface area contributed by atoms with Crippen LogP contribution >= 0.6 is 11.6 Å². The number of hydrogen-bond donors (Lipinski definition) is 3. The maximum atomic E-state index is 9.26. The van der Waals surface area contributed by atoms with Crippen molar-refractivity contribution < 1.29 is 10.2 Å². The number of aliphatic hydroxyl groups excluding tert-OH is 2. The van der Waals surface area contributed by atoms with Crippen molar-refractivity contribution in [3.05, 3.63) is 53.6 Å². The molecule has 2 aromatic rings. The van der Waals surface area contributed by atoms with Crippen molar-refractivity contribution in [1.29, 1.82) is 0 Å². The molecule has 4 heteroatoms. The van der Waals surface area contributed by atoms with Gasteiger partial charge in [-0.05, 0) is 35.4 Å². The predicted octanol–water partition coefficient (Wildman–Crippen LogP) is 2.77. The van der Waals surface area contributed by atoms with E-state index in [1.807, 2.05) is 48.5 Å². The monoisotopic (exact) mass is 277 g/mol. The molecule has 0 radical (unpaired) electrons. The van der Waals surface area contributed by atoms with Crippen LogP contribution in [0.3, 0.4) is 0 Å². The zero-order valence-electron chi connectivity index (χ0n) is 10.4. The van der Waals surface area contributed by atoms with Crippen LogP contribution in [0.15, 0.2) is 48.5 Å². The molecular formula is C15H16ClNO2. The van der Waals surface area contributed by atoms with Gasteiger partial charge in [0.1, 0.15) is 0 Å². The molecule has 2 rings (SSSR count). The van der Waals surface area contributed by atoms with Crippen molar-refractivity contribution in [3.63, 3.8) is 0 Å². The van der Waals surface area contributed by atoms with Crippen molar-refractivity contribution in [2.24, 2.45) is 0 Å². The summed E-state index contributed by atoms with van der Waals surface area (Å²) >= 11 is 5.96. The van der Waals surface area contributed by atoms with Gasteiger partial charge in [0.15, 0.2) is 0 Å². The summed E-state index contributed by atoms with van der Waals surface area (Å²) in [6.07, 6.45) is -0.743. The first-order chi connectivity index (χ1) is 9.19. The minimum Gasteiger partial charge on any atom is -0.394 e. The molecule has 100 valence electrons. The number of anilines is 1. The molecule has 0 bridgehead atoms. The Bertz CT molecular complexity index is 528. The van der Waals surface area contributed by atoms with Crippen molar-refractivity contribution >= 4 is 17.3 Å². The lowest BCUT2D eigenvalue weighted by molar-refractivity contribution is 0.105. The molecule has 0 fully saturated rings. The van der Waals surface area contributed by atoms with Crippen LogP contribution in [-0.4, -0.2) is 29.5 Å². The Morgan fingerprint density at radius 1 is 1.05 bits per heavy atom. The second-order valence-electron chi connectivity index (χ2n) is 4.30. The van der Waals surface area contributed by atoms with Crippen LogP contribution in [0.25, 0.3) is 11.1 Å². The molecule has 0 aliphatic heterocycles. The first kappa shape index (κ1) is 13.9. The minimum absolute atomic E-state index is 0.242. The lowest BCUT2D eigenvalue weighted by Gasteiger charge is -2.10. The molecule has 1 atom stereocenters. The minimum atomic E-state index is -0.743. The second kappa shape index (κ2) is 6.57. The van der Waals surface area contributed by atoms with Crippen molar-refractivity contribution in [2.75, 3.05) is 18.5 Å². The Hall–Kier alpha value is -1.55. The van der Waals surface area contributed by atoms with Crippen LogP contribution in [0.1, 0.15) is 0 Å². The lowest BCUT2D eigenvalue weighted by atomic mass is 10.1. The highest BCUT2D eigenvalue weighted by Gasteiger charge is 2.02. The van der Waals surface area contributed by atoms with E-state index in [0.29, 0.717) is 11.6 Å². The first-order valence-electron chi connectivity index (χ1n) is 6.08. The van der Waals surface area contributed by atoms with Crippen molar-refractivity contribution in [3.8, 4) is 11.1 Å². The molecule has 19 heavy (non-hydrogen) atoms. The summed E-state index contributed by atoms with van der Waals surface area (Å²) in [5.41, 5.74) is 3.04. The van der Waals surface area contributed by atoms with E-state index < -0.39 is 6.10 Å². The van der Waals surface area contributed by atoms with Crippen LogP contribution in [0.5, 0.6) is 0 Å². The van der Waals surface area contributed by atoms with Crippen LogP contribution in [0.2, 0.25) is 5.02 Å². The fourth-order valence-corrected chi connectivity index (χ4v) is 1.94. The number of nitrogens with one attached hydrogen (secondary N) is 1. The summed E-state index contributed by atoms with van der Waals surface area (Å²) in [5, 5.41) is 21.7. The average molecular weight is 278 g/mol. The maximum Gasteiger partial charge on any atom is 0.0942 e. The van der Waals surface area contributed by atoms with E-state index in [-0.39, 0.29) is 6.61 Å². The molecule has 0 spiro atoms. The Kier molecular flexibility index (Phi) is 4.80. The number of rotatable bonds is 5.